The molecule has 0 bridgehead atoms. The van der Waals surface area contributed by atoms with Crippen LogP contribution in [0, 0.1) is 0 Å². The van der Waals surface area contributed by atoms with Crippen molar-refractivity contribution >= 4 is 25.8 Å². The molecule has 1 atom stereocenters. The van der Waals surface area contributed by atoms with Gasteiger partial charge in [0.1, 0.15) is 0 Å². The van der Waals surface area contributed by atoms with Gasteiger partial charge in [0.2, 0.25) is 15.9 Å². The van der Waals surface area contributed by atoms with Crippen LogP contribution in [0.25, 0.3) is 0 Å². The minimum Gasteiger partial charge on any atom is -0.350 e. The molecular weight excluding hydrogens is 412 g/mol. The highest BCUT2D eigenvalue weighted by Gasteiger charge is 2.39. The van der Waals surface area contributed by atoms with Gasteiger partial charge in [-0.2, -0.15) is 4.31 Å². The van der Waals surface area contributed by atoms with Crippen LogP contribution in [-0.4, -0.2) is 57.2 Å². The summed E-state index contributed by atoms with van der Waals surface area (Å²) in [5, 5.41) is 2.85. The predicted molar refractivity (Wildman–Crippen MR) is 112 cm³/mol. The van der Waals surface area contributed by atoms with E-state index in [1.165, 1.54) is 0 Å². The third-order valence-corrected chi connectivity index (χ3v) is 9.53. The van der Waals surface area contributed by atoms with Gasteiger partial charge in [-0.05, 0) is 50.3 Å². The molecule has 2 fully saturated rings. The first-order valence-corrected chi connectivity index (χ1v) is 13.5. The number of amides is 1. The molecule has 0 spiro atoms. The zero-order valence-electron chi connectivity index (χ0n) is 16.9. The number of carbonyl (C=O) groups excluding carboxylic acids is 1. The molecular formula is C20H30N2O5S2. The fraction of sp³-hybridized carbons (Fsp3) is 0.650. The van der Waals surface area contributed by atoms with Gasteiger partial charge >= 0.3 is 0 Å². The van der Waals surface area contributed by atoms with Gasteiger partial charge in [0.05, 0.1) is 21.9 Å². The lowest BCUT2D eigenvalue weighted by atomic mass is 10.0. The summed E-state index contributed by atoms with van der Waals surface area (Å²) in [6, 6.07) is 6.72. The molecule has 29 heavy (non-hydrogen) atoms. The molecule has 2 heterocycles. The van der Waals surface area contributed by atoms with E-state index in [9.17, 15) is 21.6 Å². The molecule has 0 aromatic heterocycles. The van der Waals surface area contributed by atoms with Crippen LogP contribution in [0.1, 0.15) is 51.0 Å². The standard InChI is InChI=1S/C20H30N2O5S2/c1-20(12-15-28(24,25)16-20)21-19(23)11-8-17-6-9-18(10-7-17)29(26,27)22-13-4-2-3-5-14-22/h6-7,9-10H,2-5,8,11-16H2,1H3,(H,21,23)/t20-/m0/s1. The lowest BCUT2D eigenvalue weighted by molar-refractivity contribution is -0.122. The zero-order chi connectivity index (χ0) is 21.1. The van der Waals surface area contributed by atoms with Crippen molar-refractivity contribution in [3.05, 3.63) is 29.8 Å². The minimum absolute atomic E-state index is 0.0191. The smallest absolute Gasteiger partial charge is 0.243 e. The summed E-state index contributed by atoms with van der Waals surface area (Å²) in [6.07, 6.45) is 5.06. The molecule has 0 saturated carbocycles. The molecule has 2 aliphatic heterocycles. The summed E-state index contributed by atoms with van der Waals surface area (Å²) in [4.78, 5) is 12.5. The Labute approximate surface area is 173 Å². The van der Waals surface area contributed by atoms with Gasteiger partial charge in [0.15, 0.2) is 9.84 Å². The quantitative estimate of drug-likeness (QED) is 0.725. The highest BCUT2D eigenvalue weighted by Crippen LogP contribution is 2.23. The third kappa shape index (κ3) is 5.79. The van der Waals surface area contributed by atoms with Gasteiger partial charge in [0, 0.05) is 19.5 Å². The van der Waals surface area contributed by atoms with Gasteiger partial charge in [0.25, 0.3) is 0 Å². The monoisotopic (exact) mass is 442 g/mol. The van der Waals surface area contributed by atoms with Crippen molar-refractivity contribution in [2.75, 3.05) is 24.6 Å². The highest BCUT2D eigenvalue weighted by molar-refractivity contribution is 7.91. The molecule has 3 rings (SSSR count). The number of nitrogens with zero attached hydrogens (tertiary/aromatic N) is 1. The van der Waals surface area contributed by atoms with E-state index in [1.54, 1.807) is 35.5 Å². The molecule has 9 heteroatoms. The normalized spacial score (nSPS) is 25.4. The number of rotatable bonds is 6. The topological polar surface area (TPSA) is 101 Å². The Bertz CT molecular complexity index is 934. The molecule has 1 N–H and O–H groups in total. The van der Waals surface area contributed by atoms with Gasteiger partial charge in [-0.3, -0.25) is 4.79 Å². The van der Waals surface area contributed by atoms with Gasteiger partial charge < -0.3 is 5.32 Å². The second-order valence-corrected chi connectivity index (χ2v) is 12.5. The fourth-order valence-electron chi connectivity index (χ4n) is 4.03. The molecule has 0 unspecified atom stereocenters. The van der Waals surface area contributed by atoms with Crippen LogP contribution in [0.2, 0.25) is 0 Å². The van der Waals surface area contributed by atoms with Gasteiger partial charge in [-0.15, -0.1) is 0 Å². The van der Waals surface area contributed by atoms with Crippen molar-refractivity contribution in [1.29, 1.82) is 0 Å². The van der Waals surface area contributed by atoms with E-state index in [4.69, 9.17) is 0 Å². The zero-order valence-corrected chi connectivity index (χ0v) is 18.5. The summed E-state index contributed by atoms with van der Waals surface area (Å²) in [5.74, 6) is -0.100. The van der Waals surface area contributed by atoms with Crippen molar-refractivity contribution in [1.82, 2.24) is 9.62 Å². The van der Waals surface area contributed by atoms with Crippen LogP contribution in [0.15, 0.2) is 29.2 Å². The molecule has 162 valence electrons. The maximum Gasteiger partial charge on any atom is 0.243 e. The minimum atomic E-state index is -3.47. The number of aryl methyl sites for hydroxylation is 1. The largest absolute Gasteiger partial charge is 0.350 e. The van der Waals surface area contributed by atoms with Crippen LogP contribution >= 0.6 is 0 Å². The Morgan fingerprint density at radius 1 is 1.10 bits per heavy atom. The Balaban J connectivity index is 1.56. The highest BCUT2D eigenvalue weighted by atomic mass is 32.2. The molecule has 0 aliphatic carbocycles. The molecule has 1 amide bonds. The fourth-order valence-corrected chi connectivity index (χ4v) is 7.64. The summed E-state index contributed by atoms with van der Waals surface area (Å²) in [5.41, 5.74) is 0.181. The van der Waals surface area contributed by atoms with Crippen molar-refractivity contribution in [3.63, 3.8) is 0 Å². The number of hydrogen-bond donors (Lipinski definition) is 1. The van der Waals surface area contributed by atoms with E-state index in [0.717, 1.165) is 31.2 Å². The Morgan fingerprint density at radius 3 is 2.28 bits per heavy atom. The van der Waals surface area contributed by atoms with Gasteiger partial charge in [-0.25, -0.2) is 16.8 Å². The second kappa shape index (κ2) is 8.73. The molecule has 7 nitrogen and oxygen atoms in total. The average molecular weight is 443 g/mol. The second-order valence-electron chi connectivity index (χ2n) is 8.41. The van der Waals surface area contributed by atoms with Crippen molar-refractivity contribution < 1.29 is 21.6 Å². The summed E-state index contributed by atoms with van der Waals surface area (Å²) >= 11 is 0. The number of hydrogen-bond acceptors (Lipinski definition) is 5. The lowest BCUT2D eigenvalue weighted by Crippen LogP contribution is -2.47. The van der Waals surface area contributed by atoms with Crippen LogP contribution in [-0.2, 0) is 31.1 Å². The molecule has 1 aromatic rings. The first-order chi connectivity index (χ1) is 13.6. The summed E-state index contributed by atoms with van der Waals surface area (Å²) < 4.78 is 50.5. The summed E-state index contributed by atoms with van der Waals surface area (Å²) in [6.45, 7) is 2.90. The number of sulfonamides is 1. The molecule has 2 aliphatic rings. The van der Waals surface area contributed by atoms with Crippen LogP contribution < -0.4 is 5.32 Å². The molecule has 0 radical (unpaired) electrons. The average Bonchev–Trinajstić information content (AvgIpc) is 2.84. The first kappa shape index (κ1) is 22.2. The van der Waals surface area contributed by atoms with Gasteiger partial charge in [-0.1, -0.05) is 25.0 Å². The van der Waals surface area contributed by atoms with E-state index < -0.39 is 25.4 Å². The van der Waals surface area contributed by atoms with Crippen molar-refractivity contribution in [2.45, 2.75) is 62.3 Å². The first-order valence-electron chi connectivity index (χ1n) is 10.2. The predicted octanol–water partition coefficient (Wildman–Crippen LogP) is 1.88. The van der Waals surface area contributed by atoms with Crippen molar-refractivity contribution in [2.24, 2.45) is 0 Å². The van der Waals surface area contributed by atoms with Crippen LogP contribution in [0.3, 0.4) is 0 Å². The third-order valence-electron chi connectivity index (χ3n) is 5.71. The summed E-state index contributed by atoms with van der Waals surface area (Å²) in [7, 11) is -6.54. The van der Waals surface area contributed by atoms with E-state index in [-0.39, 0.29) is 28.7 Å². The number of carbonyl (C=O) groups is 1. The SMILES string of the molecule is C[C@]1(NC(=O)CCc2ccc(S(=O)(=O)N3CCCCCC3)cc2)CCS(=O)(=O)C1. The maximum absolute atomic E-state index is 12.8. The molecule has 1 aromatic carbocycles. The number of benzene rings is 1. The van der Waals surface area contributed by atoms with E-state index in [2.05, 4.69) is 5.32 Å². The lowest BCUT2D eigenvalue weighted by Gasteiger charge is -2.23. The number of nitrogens with one attached hydrogen (secondary N) is 1. The Morgan fingerprint density at radius 2 is 1.72 bits per heavy atom. The van der Waals surface area contributed by atoms with E-state index in [1.807, 2.05) is 0 Å². The van der Waals surface area contributed by atoms with E-state index >= 15 is 0 Å². The Hall–Kier alpha value is -1.45. The Kier molecular flexibility index (Phi) is 6.70. The van der Waals surface area contributed by atoms with Crippen molar-refractivity contribution in [3.8, 4) is 0 Å². The van der Waals surface area contributed by atoms with Crippen LogP contribution in [0.5, 0.6) is 0 Å². The van der Waals surface area contributed by atoms with E-state index in [0.29, 0.717) is 25.9 Å². The maximum atomic E-state index is 12.8. The molecule has 2 saturated heterocycles. The number of sulfone groups is 1. The van der Waals surface area contributed by atoms with Crippen LogP contribution in [0.4, 0.5) is 0 Å².